The number of nitrogens with one attached hydrogen (secondary N) is 1. The molecular formula is C13H22N2S. The van der Waals surface area contributed by atoms with Crippen LogP contribution in [0.2, 0.25) is 0 Å². The smallest absolute Gasteiger partial charge is 0.0417 e. The SMILES string of the molecule is CCSCCC(C)NCc1cccnc1C. The third-order valence-corrected chi connectivity index (χ3v) is 3.59. The van der Waals surface area contributed by atoms with Gasteiger partial charge >= 0.3 is 0 Å². The molecule has 0 radical (unpaired) electrons. The zero-order chi connectivity index (χ0) is 11.8. The van der Waals surface area contributed by atoms with Gasteiger partial charge in [-0.1, -0.05) is 13.0 Å². The van der Waals surface area contributed by atoms with Crippen molar-refractivity contribution in [2.75, 3.05) is 11.5 Å². The van der Waals surface area contributed by atoms with Gasteiger partial charge in [0, 0.05) is 24.5 Å². The highest BCUT2D eigenvalue weighted by atomic mass is 32.2. The van der Waals surface area contributed by atoms with Crippen LogP contribution >= 0.6 is 11.8 Å². The molecular weight excluding hydrogens is 216 g/mol. The Morgan fingerprint density at radius 1 is 1.50 bits per heavy atom. The van der Waals surface area contributed by atoms with E-state index in [9.17, 15) is 0 Å². The van der Waals surface area contributed by atoms with E-state index >= 15 is 0 Å². The Kier molecular flexibility index (Phi) is 6.50. The molecule has 1 aromatic rings. The van der Waals surface area contributed by atoms with E-state index in [1.807, 2.05) is 24.0 Å². The standard InChI is InChI=1S/C13H22N2S/c1-4-16-9-7-11(2)15-10-13-6-5-8-14-12(13)3/h5-6,8,11,15H,4,7,9-10H2,1-3H3. The number of aromatic nitrogens is 1. The number of rotatable bonds is 7. The van der Waals surface area contributed by atoms with Crippen LogP contribution in [0.3, 0.4) is 0 Å². The first-order valence-electron chi connectivity index (χ1n) is 5.95. The molecule has 1 aromatic heterocycles. The first kappa shape index (κ1) is 13.5. The second kappa shape index (κ2) is 7.69. The fourth-order valence-corrected chi connectivity index (χ4v) is 2.30. The average molecular weight is 238 g/mol. The van der Waals surface area contributed by atoms with Gasteiger partial charge in [0.25, 0.3) is 0 Å². The lowest BCUT2D eigenvalue weighted by molar-refractivity contribution is 0.535. The van der Waals surface area contributed by atoms with Crippen LogP contribution in [0.15, 0.2) is 18.3 Å². The molecule has 0 bridgehead atoms. The fourth-order valence-electron chi connectivity index (χ4n) is 1.50. The molecule has 1 heterocycles. The van der Waals surface area contributed by atoms with E-state index in [1.165, 1.54) is 23.5 Å². The van der Waals surface area contributed by atoms with Crippen LogP contribution in [-0.2, 0) is 6.54 Å². The summed E-state index contributed by atoms with van der Waals surface area (Å²) in [5, 5.41) is 3.55. The molecule has 0 spiro atoms. The van der Waals surface area contributed by atoms with Crippen molar-refractivity contribution in [1.82, 2.24) is 10.3 Å². The van der Waals surface area contributed by atoms with Crippen molar-refractivity contribution in [3.63, 3.8) is 0 Å². The molecule has 0 aromatic carbocycles. The predicted octanol–water partition coefficient (Wildman–Crippen LogP) is 3.01. The van der Waals surface area contributed by atoms with Gasteiger partial charge in [0.05, 0.1) is 0 Å². The molecule has 0 amide bonds. The van der Waals surface area contributed by atoms with E-state index in [4.69, 9.17) is 0 Å². The topological polar surface area (TPSA) is 24.9 Å². The summed E-state index contributed by atoms with van der Waals surface area (Å²) in [6, 6.07) is 4.73. The number of aryl methyl sites for hydroxylation is 1. The molecule has 16 heavy (non-hydrogen) atoms. The molecule has 1 unspecified atom stereocenters. The second-order valence-corrected chi connectivity index (χ2v) is 5.41. The zero-order valence-corrected chi connectivity index (χ0v) is 11.3. The van der Waals surface area contributed by atoms with Gasteiger partial charge in [-0.2, -0.15) is 11.8 Å². The summed E-state index contributed by atoms with van der Waals surface area (Å²) in [4.78, 5) is 4.29. The van der Waals surface area contributed by atoms with Gasteiger partial charge in [0.15, 0.2) is 0 Å². The number of nitrogens with zero attached hydrogens (tertiary/aromatic N) is 1. The Morgan fingerprint density at radius 3 is 3.00 bits per heavy atom. The largest absolute Gasteiger partial charge is 0.310 e. The molecule has 3 heteroatoms. The van der Waals surface area contributed by atoms with Gasteiger partial charge in [-0.25, -0.2) is 0 Å². The Balaban J connectivity index is 2.26. The lowest BCUT2D eigenvalue weighted by atomic mass is 10.2. The lowest BCUT2D eigenvalue weighted by Crippen LogP contribution is -2.26. The molecule has 2 nitrogen and oxygen atoms in total. The van der Waals surface area contributed by atoms with Gasteiger partial charge in [0.2, 0.25) is 0 Å². The van der Waals surface area contributed by atoms with Crippen LogP contribution in [0.4, 0.5) is 0 Å². The molecule has 0 saturated heterocycles. The van der Waals surface area contributed by atoms with E-state index in [2.05, 4.69) is 37.1 Å². The Morgan fingerprint density at radius 2 is 2.31 bits per heavy atom. The van der Waals surface area contributed by atoms with E-state index in [-0.39, 0.29) is 0 Å². The Hall–Kier alpha value is -0.540. The third-order valence-electron chi connectivity index (χ3n) is 2.66. The summed E-state index contributed by atoms with van der Waals surface area (Å²) in [6.07, 6.45) is 3.08. The highest BCUT2D eigenvalue weighted by Gasteiger charge is 2.03. The summed E-state index contributed by atoms with van der Waals surface area (Å²) in [5.74, 6) is 2.46. The molecule has 1 rings (SSSR count). The highest BCUT2D eigenvalue weighted by molar-refractivity contribution is 7.99. The van der Waals surface area contributed by atoms with E-state index in [0.29, 0.717) is 6.04 Å². The van der Waals surface area contributed by atoms with Crippen LogP contribution in [0.5, 0.6) is 0 Å². The van der Waals surface area contributed by atoms with Crippen LogP contribution in [0.25, 0.3) is 0 Å². The Labute approximate surface area is 103 Å². The summed E-state index contributed by atoms with van der Waals surface area (Å²) >= 11 is 2.01. The van der Waals surface area contributed by atoms with Crippen molar-refractivity contribution >= 4 is 11.8 Å². The van der Waals surface area contributed by atoms with Crippen molar-refractivity contribution < 1.29 is 0 Å². The van der Waals surface area contributed by atoms with Crippen molar-refractivity contribution in [1.29, 1.82) is 0 Å². The summed E-state index contributed by atoms with van der Waals surface area (Å²) < 4.78 is 0. The molecule has 0 saturated carbocycles. The molecule has 1 atom stereocenters. The highest BCUT2D eigenvalue weighted by Crippen LogP contribution is 2.06. The van der Waals surface area contributed by atoms with E-state index < -0.39 is 0 Å². The maximum absolute atomic E-state index is 4.29. The van der Waals surface area contributed by atoms with Crippen LogP contribution in [-0.4, -0.2) is 22.5 Å². The van der Waals surface area contributed by atoms with Crippen molar-refractivity contribution in [3.8, 4) is 0 Å². The normalized spacial score (nSPS) is 12.7. The maximum atomic E-state index is 4.29. The van der Waals surface area contributed by atoms with Crippen molar-refractivity contribution in [3.05, 3.63) is 29.6 Å². The van der Waals surface area contributed by atoms with Crippen molar-refractivity contribution in [2.24, 2.45) is 0 Å². The van der Waals surface area contributed by atoms with Gasteiger partial charge in [0.1, 0.15) is 0 Å². The quantitative estimate of drug-likeness (QED) is 0.739. The third kappa shape index (κ3) is 4.99. The number of thioether (sulfide) groups is 1. The maximum Gasteiger partial charge on any atom is 0.0417 e. The Bertz CT molecular complexity index is 302. The van der Waals surface area contributed by atoms with E-state index in [1.54, 1.807) is 0 Å². The minimum absolute atomic E-state index is 0.582. The summed E-state index contributed by atoms with van der Waals surface area (Å²) in [7, 11) is 0. The number of pyridine rings is 1. The first-order valence-corrected chi connectivity index (χ1v) is 7.11. The zero-order valence-electron chi connectivity index (χ0n) is 10.5. The monoisotopic (exact) mass is 238 g/mol. The number of hydrogen-bond acceptors (Lipinski definition) is 3. The number of hydrogen-bond donors (Lipinski definition) is 1. The van der Waals surface area contributed by atoms with Crippen LogP contribution in [0, 0.1) is 6.92 Å². The average Bonchev–Trinajstić information content (AvgIpc) is 2.28. The first-order chi connectivity index (χ1) is 7.74. The molecule has 90 valence electrons. The van der Waals surface area contributed by atoms with Gasteiger partial charge in [-0.3, -0.25) is 4.98 Å². The van der Waals surface area contributed by atoms with Gasteiger partial charge < -0.3 is 5.32 Å². The van der Waals surface area contributed by atoms with Gasteiger partial charge in [-0.05, 0) is 43.4 Å². The van der Waals surface area contributed by atoms with Gasteiger partial charge in [-0.15, -0.1) is 0 Å². The van der Waals surface area contributed by atoms with Crippen molar-refractivity contribution in [2.45, 2.75) is 39.8 Å². The van der Waals surface area contributed by atoms with Crippen LogP contribution < -0.4 is 5.32 Å². The van der Waals surface area contributed by atoms with Crippen LogP contribution in [0.1, 0.15) is 31.5 Å². The van der Waals surface area contributed by atoms with E-state index in [0.717, 1.165) is 12.2 Å². The molecule has 0 aliphatic carbocycles. The predicted molar refractivity (Wildman–Crippen MR) is 72.9 cm³/mol. The second-order valence-electron chi connectivity index (χ2n) is 4.02. The summed E-state index contributed by atoms with van der Waals surface area (Å²) in [6.45, 7) is 7.45. The lowest BCUT2D eigenvalue weighted by Gasteiger charge is -2.14. The molecule has 0 fully saturated rings. The molecule has 0 aliphatic heterocycles. The summed E-state index contributed by atoms with van der Waals surface area (Å²) in [5.41, 5.74) is 2.43. The fraction of sp³-hybridized carbons (Fsp3) is 0.615. The molecule has 0 aliphatic rings. The minimum atomic E-state index is 0.582. The minimum Gasteiger partial charge on any atom is -0.310 e. The molecule has 1 N–H and O–H groups in total.